The molecule has 0 bridgehead atoms. The van der Waals surface area contributed by atoms with Crippen molar-refractivity contribution in [2.45, 2.75) is 56.3 Å². The molecule has 2 aliphatic heterocycles. The zero-order valence-corrected chi connectivity index (χ0v) is 19.4. The van der Waals surface area contributed by atoms with E-state index in [1.54, 1.807) is 31.2 Å². The summed E-state index contributed by atoms with van der Waals surface area (Å²) < 4.78 is 16.5. The van der Waals surface area contributed by atoms with Crippen molar-refractivity contribution in [3.05, 3.63) is 46.5 Å². The van der Waals surface area contributed by atoms with E-state index < -0.39 is 47.9 Å². The van der Waals surface area contributed by atoms with Crippen LogP contribution in [0.25, 0.3) is 0 Å². The van der Waals surface area contributed by atoms with Crippen LogP contribution in [0.1, 0.15) is 37.9 Å². The van der Waals surface area contributed by atoms with Crippen LogP contribution in [0.15, 0.2) is 40.9 Å². The molecule has 2 N–H and O–H groups in total. The second-order valence-corrected chi connectivity index (χ2v) is 8.57. The lowest BCUT2D eigenvalue weighted by Gasteiger charge is -2.38. The van der Waals surface area contributed by atoms with Crippen molar-refractivity contribution < 1.29 is 38.8 Å². The molecule has 0 spiro atoms. The number of nitrogens with zero attached hydrogens (tertiary/aromatic N) is 1. The molecule has 2 amide bonds. The van der Waals surface area contributed by atoms with Crippen LogP contribution in [0.5, 0.6) is 0 Å². The molecule has 10 heteroatoms. The highest BCUT2D eigenvalue weighted by Gasteiger charge is 2.51. The van der Waals surface area contributed by atoms with Crippen LogP contribution >= 0.6 is 15.9 Å². The van der Waals surface area contributed by atoms with E-state index in [0.29, 0.717) is 12.8 Å². The number of cyclic esters (lactones) is 1. The van der Waals surface area contributed by atoms with Crippen LogP contribution in [-0.2, 0) is 23.8 Å². The molecule has 0 aromatic heterocycles. The van der Waals surface area contributed by atoms with Crippen LogP contribution in [0.3, 0.4) is 0 Å². The van der Waals surface area contributed by atoms with Crippen molar-refractivity contribution in [3.63, 3.8) is 0 Å². The standard InChI is InChI=1S/C22H26BrNO8/c1-13-17(14-8-4-3-5-9-14)31-21(28)24(13)20(27)19(30-2)18-15(26)12-16(23)22(29,32-18)10-6-7-11-25/h3-5,8-9,12-13,17-19,25,29H,6-7,10-11H2,1-2H3/t13-,17-,18+,19-,22+/m1/s1. The lowest BCUT2D eigenvalue weighted by Crippen LogP contribution is -2.56. The Morgan fingerprint density at radius 1 is 1.28 bits per heavy atom. The topological polar surface area (TPSA) is 123 Å². The zero-order valence-electron chi connectivity index (χ0n) is 17.8. The van der Waals surface area contributed by atoms with Gasteiger partial charge in [0.25, 0.3) is 5.91 Å². The highest BCUT2D eigenvalue weighted by atomic mass is 79.9. The molecule has 3 rings (SSSR count). The largest absolute Gasteiger partial charge is 0.439 e. The number of hydrogen-bond donors (Lipinski definition) is 2. The normalized spacial score (nSPS) is 29.0. The molecule has 5 atom stereocenters. The number of carbonyl (C=O) groups is 3. The summed E-state index contributed by atoms with van der Waals surface area (Å²) in [6.45, 7) is 1.61. The number of ether oxygens (including phenoxy) is 3. The van der Waals surface area contributed by atoms with E-state index in [1.165, 1.54) is 7.11 Å². The molecule has 1 aromatic carbocycles. The number of methoxy groups -OCH3 is 1. The highest BCUT2D eigenvalue weighted by molar-refractivity contribution is 9.11. The van der Waals surface area contributed by atoms with Crippen molar-refractivity contribution in [3.8, 4) is 0 Å². The molecular weight excluding hydrogens is 486 g/mol. The molecular formula is C22H26BrNO8. The van der Waals surface area contributed by atoms with E-state index in [9.17, 15) is 19.5 Å². The third-order valence-corrected chi connectivity index (χ3v) is 6.42. The fourth-order valence-corrected chi connectivity index (χ4v) is 4.36. The summed E-state index contributed by atoms with van der Waals surface area (Å²) in [7, 11) is 1.22. The smallest absolute Gasteiger partial charge is 0.417 e. The Hall–Kier alpha value is -2.11. The second kappa shape index (κ2) is 10.2. The summed E-state index contributed by atoms with van der Waals surface area (Å²) in [4.78, 5) is 39.4. The number of hydrogen-bond acceptors (Lipinski definition) is 8. The van der Waals surface area contributed by atoms with Crippen LogP contribution in [0.4, 0.5) is 4.79 Å². The van der Waals surface area contributed by atoms with Gasteiger partial charge in [0.15, 0.2) is 23.8 Å². The van der Waals surface area contributed by atoms with Crippen molar-refractivity contribution >= 4 is 33.7 Å². The van der Waals surface area contributed by atoms with E-state index in [4.69, 9.17) is 19.3 Å². The minimum atomic E-state index is -1.87. The first-order chi connectivity index (χ1) is 15.2. The molecule has 9 nitrogen and oxygen atoms in total. The van der Waals surface area contributed by atoms with Gasteiger partial charge in [-0.15, -0.1) is 0 Å². The third kappa shape index (κ3) is 4.79. The summed E-state index contributed by atoms with van der Waals surface area (Å²) in [5.74, 6) is -3.26. The molecule has 0 radical (unpaired) electrons. The molecule has 1 saturated heterocycles. The van der Waals surface area contributed by atoms with Crippen molar-refractivity contribution in [1.29, 1.82) is 0 Å². The van der Waals surface area contributed by atoms with Gasteiger partial charge in [0.05, 0.1) is 10.5 Å². The van der Waals surface area contributed by atoms with Crippen molar-refractivity contribution in [2.24, 2.45) is 0 Å². The Kier molecular flexibility index (Phi) is 7.84. The molecule has 32 heavy (non-hydrogen) atoms. The predicted octanol–water partition coefficient (Wildman–Crippen LogP) is 2.21. The molecule has 1 aromatic rings. The van der Waals surface area contributed by atoms with Gasteiger partial charge in [0.1, 0.15) is 6.10 Å². The quantitative estimate of drug-likeness (QED) is 0.509. The van der Waals surface area contributed by atoms with Gasteiger partial charge in [0.2, 0.25) is 0 Å². The molecule has 2 heterocycles. The number of imide groups is 1. The monoisotopic (exact) mass is 511 g/mol. The molecule has 0 unspecified atom stereocenters. The fraction of sp³-hybridized carbons (Fsp3) is 0.500. The van der Waals surface area contributed by atoms with Crippen LogP contribution < -0.4 is 0 Å². The second-order valence-electron chi connectivity index (χ2n) is 7.72. The number of amides is 2. The first kappa shape index (κ1) is 24.5. The summed E-state index contributed by atoms with van der Waals surface area (Å²) in [6, 6.07) is 8.36. The van der Waals surface area contributed by atoms with E-state index in [-0.39, 0.29) is 17.5 Å². The molecule has 2 aliphatic rings. The van der Waals surface area contributed by atoms with E-state index in [0.717, 1.165) is 16.5 Å². The average Bonchev–Trinajstić information content (AvgIpc) is 3.07. The van der Waals surface area contributed by atoms with Gasteiger partial charge in [0, 0.05) is 20.1 Å². The molecule has 0 aliphatic carbocycles. The Morgan fingerprint density at radius 3 is 2.59 bits per heavy atom. The maximum absolute atomic E-state index is 13.3. The number of benzene rings is 1. The lowest BCUT2D eigenvalue weighted by molar-refractivity contribution is -0.227. The number of carbonyl (C=O) groups excluding carboxylic acids is 3. The minimum Gasteiger partial charge on any atom is -0.439 e. The summed E-state index contributed by atoms with van der Waals surface area (Å²) >= 11 is 3.15. The Labute approximate surface area is 194 Å². The molecule has 174 valence electrons. The molecule has 1 fully saturated rings. The first-order valence-corrected chi connectivity index (χ1v) is 11.1. The summed E-state index contributed by atoms with van der Waals surface area (Å²) in [5.41, 5.74) is 0.729. The van der Waals surface area contributed by atoms with Gasteiger partial charge >= 0.3 is 6.09 Å². The number of aliphatic hydroxyl groups excluding tert-OH is 1. The van der Waals surface area contributed by atoms with Gasteiger partial charge in [-0.3, -0.25) is 9.59 Å². The SMILES string of the molecule is CO[C@@H](C(=O)N1C(=O)O[C@@H](c2ccccc2)[C@H]1C)[C@H]1O[C@@](O)(CCCCO)C(Br)=CC1=O. The van der Waals surface area contributed by atoms with Crippen LogP contribution in [-0.4, -0.2) is 70.7 Å². The average molecular weight is 512 g/mol. The maximum atomic E-state index is 13.3. The van der Waals surface area contributed by atoms with E-state index >= 15 is 0 Å². The van der Waals surface area contributed by atoms with E-state index in [1.807, 2.05) is 6.07 Å². The third-order valence-electron chi connectivity index (χ3n) is 5.58. The van der Waals surface area contributed by atoms with Gasteiger partial charge in [-0.25, -0.2) is 9.69 Å². The Morgan fingerprint density at radius 2 is 1.97 bits per heavy atom. The number of halogens is 1. The fourth-order valence-electron chi connectivity index (χ4n) is 3.85. The number of rotatable bonds is 8. The summed E-state index contributed by atoms with van der Waals surface area (Å²) in [5, 5.41) is 19.9. The van der Waals surface area contributed by atoms with Crippen molar-refractivity contribution in [1.82, 2.24) is 4.90 Å². The number of ketones is 1. The Bertz CT molecular complexity index is 891. The summed E-state index contributed by atoms with van der Waals surface area (Å²) in [6.07, 6.45) is -2.40. The van der Waals surface area contributed by atoms with Crippen molar-refractivity contribution in [2.75, 3.05) is 13.7 Å². The zero-order chi connectivity index (χ0) is 23.5. The number of aliphatic hydroxyl groups is 2. The minimum absolute atomic E-state index is 0.0590. The maximum Gasteiger partial charge on any atom is 0.417 e. The Balaban J connectivity index is 1.82. The van der Waals surface area contributed by atoms with Gasteiger partial charge in [-0.05, 0) is 47.3 Å². The number of unbranched alkanes of at least 4 members (excludes halogenated alkanes) is 1. The van der Waals surface area contributed by atoms with Crippen LogP contribution in [0.2, 0.25) is 0 Å². The van der Waals surface area contributed by atoms with Crippen LogP contribution in [0, 0.1) is 0 Å². The predicted molar refractivity (Wildman–Crippen MR) is 116 cm³/mol. The van der Waals surface area contributed by atoms with Gasteiger partial charge in [-0.1, -0.05) is 30.3 Å². The van der Waals surface area contributed by atoms with Gasteiger partial charge < -0.3 is 24.4 Å². The van der Waals surface area contributed by atoms with Gasteiger partial charge in [-0.2, -0.15) is 0 Å². The first-order valence-electron chi connectivity index (χ1n) is 10.3. The molecule has 0 saturated carbocycles. The highest BCUT2D eigenvalue weighted by Crippen LogP contribution is 2.37. The lowest BCUT2D eigenvalue weighted by atomic mass is 9.98. The van der Waals surface area contributed by atoms with E-state index in [2.05, 4.69) is 15.9 Å².